The molecular weight excluding hydrogens is 382 g/mol. The van der Waals surface area contributed by atoms with Crippen molar-refractivity contribution >= 4 is 35.2 Å². The Bertz CT molecular complexity index is 917. The van der Waals surface area contributed by atoms with Crippen LogP contribution in [0.5, 0.6) is 0 Å². The molecular formula is C22H27N5O3. The van der Waals surface area contributed by atoms with E-state index >= 15 is 0 Å². The maximum atomic E-state index is 12.6. The molecule has 8 heteroatoms. The van der Waals surface area contributed by atoms with Crippen LogP contribution in [0.1, 0.15) is 36.7 Å². The van der Waals surface area contributed by atoms with Crippen LogP contribution in [0.2, 0.25) is 0 Å². The Morgan fingerprint density at radius 2 is 1.57 bits per heavy atom. The Labute approximate surface area is 176 Å². The first-order chi connectivity index (χ1) is 14.4. The Kier molecular flexibility index (Phi) is 8.13. The molecule has 0 spiro atoms. The van der Waals surface area contributed by atoms with Crippen LogP contribution < -0.4 is 26.8 Å². The number of nitrogens with one attached hydrogen (secondary N) is 3. The van der Waals surface area contributed by atoms with Gasteiger partial charge in [-0.05, 0) is 61.9 Å². The molecule has 0 saturated heterocycles. The normalized spacial score (nSPS) is 10.9. The SMILES string of the molecule is CCN(CC)c1ccc(/C=C(\NC(=O)c2ccc(NC(C)=O)cc2)C(=O)NN)cc1. The standard InChI is InChI=1S/C22H27N5O3/c1-4-27(5-2)19-12-6-16(7-13-19)14-20(22(30)26-23)25-21(29)17-8-10-18(11-9-17)24-15(3)28/h6-14H,4-5,23H2,1-3H3,(H,24,28)(H,25,29)(H,26,30)/b20-14-. The van der Waals surface area contributed by atoms with Crippen molar-refractivity contribution in [2.45, 2.75) is 20.8 Å². The molecule has 0 heterocycles. The van der Waals surface area contributed by atoms with Crippen molar-refractivity contribution in [3.63, 3.8) is 0 Å². The predicted octanol–water partition coefficient (Wildman–Crippen LogP) is 2.25. The summed E-state index contributed by atoms with van der Waals surface area (Å²) >= 11 is 0. The maximum absolute atomic E-state index is 12.6. The topological polar surface area (TPSA) is 117 Å². The largest absolute Gasteiger partial charge is 0.372 e. The number of carbonyl (C=O) groups excluding carboxylic acids is 3. The summed E-state index contributed by atoms with van der Waals surface area (Å²) in [6, 6.07) is 14.0. The van der Waals surface area contributed by atoms with Gasteiger partial charge in [-0.3, -0.25) is 19.8 Å². The minimum absolute atomic E-state index is 0.0176. The van der Waals surface area contributed by atoms with E-state index in [1.807, 2.05) is 29.7 Å². The van der Waals surface area contributed by atoms with E-state index in [9.17, 15) is 14.4 Å². The zero-order valence-electron chi connectivity index (χ0n) is 17.4. The Hall–Kier alpha value is -3.65. The number of hydrogen-bond acceptors (Lipinski definition) is 5. The van der Waals surface area contributed by atoms with Gasteiger partial charge in [0.2, 0.25) is 5.91 Å². The molecule has 3 amide bonds. The Morgan fingerprint density at radius 1 is 0.967 bits per heavy atom. The van der Waals surface area contributed by atoms with Crippen molar-refractivity contribution < 1.29 is 14.4 Å². The van der Waals surface area contributed by atoms with Gasteiger partial charge in [-0.2, -0.15) is 0 Å². The van der Waals surface area contributed by atoms with Crippen LogP contribution in [0.15, 0.2) is 54.2 Å². The molecule has 5 N–H and O–H groups in total. The molecule has 0 radical (unpaired) electrons. The van der Waals surface area contributed by atoms with Crippen molar-refractivity contribution in [2.24, 2.45) is 5.84 Å². The summed E-state index contributed by atoms with van der Waals surface area (Å²) in [5.41, 5.74) is 4.78. The summed E-state index contributed by atoms with van der Waals surface area (Å²) in [4.78, 5) is 38.0. The van der Waals surface area contributed by atoms with Crippen LogP contribution in [-0.4, -0.2) is 30.8 Å². The number of anilines is 2. The highest BCUT2D eigenvalue weighted by Crippen LogP contribution is 2.17. The molecule has 0 fully saturated rings. The number of amides is 3. The van der Waals surface area contributed by atoms with Gasteiger partial charge in [0.05, 0.1) is 0 Å². The zero-order valence-corrected chi connectivity index (χ0v) is 17.4. The molecule has 0 bridgehead atoms. The van der Waals surface area contributed by atoms with Crippen LogP contribution in [0.25, 0.3) is 6.08 Å². The number of rotatable bonds is 8. The predicted molar refractivity (Wildman–Crippen MR) is 119 cm³/mol. The summed E-state index contributed by atoms with van der Waals surface area (Å²) in [6.07, 6.45) is 1.55. The van der Waals surface area contributed by atoms with Crippen molar-refractivity contribution in [2.75, 3.05) is 23.3 Å². The summed E-state index contributed by atoms with van der Waals surface area (Å²) in [6.45, 7) is 7.35. The van der Waals surface area contributed by atoms with Gasteiger partial charge in [-0.15, -0.1) is 0 Å². The van der Waals surface area contributed by atoms with Gasteiger partial charge in [0, 0.05) is 37.0 Å². The average Bonchev–Trinajstić information content (AvgIpc) is 2.74. The molecule has 0 aromatic heterocycles. The molecule has 0 aliphatic heterocycles. The zero-order chi connectivity index (χ0) is 22.1. The summed E-state index contributed by atoms with van der Waals surface area (Å²) in [5.74, 6) is 3.97. The van der Waals surface area contributed by atoms with Crippen molar-refractivity contribution in [1.82, 2.24) is 10.7 Å². The average molecular weight is 409 g/mol. The van der Waals surface area contributed by atoms with Crippen LogP contribution in [0, 0.1) is 0 Å². The Balaban J connectivity index is 2.20. The second-order valence-electron chi connectivity index (χ2n) is 6.51. The molecule has 30 heavy (non-hydrogen) atoms. The highest BCUT2D eigenvalue weighted by Gasteiger charge is 2.14. The summed E-state index contributed by atoms with van der Waals surface area (Å²) < 4.78 is 0. The Morgan fingerprint density at radius 3 is 2.07 bits per heavy atom. The van der Waals surface area contributed by atoms with Gasteiger partial charge in [-0.25, -0.2) is 5.84 Å². The highest BCUT2D eigenvalue weighted by molar-refractivity contribution is 6.05. The van der Waals surface area contributed by atoms with Crippen LogP contribution in [0.3, 0.4) is 0 Å². The van der Waals surface area contributed by atoms with Crippen molar-refractivity contribution in [3.05, 3.63) is 65.4 Å². The van der Waals surface area contributed by atoms with Crippen molar-refractivity contribution in [3.8, 4) is 0 Å². The van der Waals surface area contributed by atoms with E-state index in [1.165, 1.54) is 6.92 Å². The second-order valence-corrected chi connectivity index (χ2v) is 6.51. The van der Waals surface area contributed by atoms with E-state index in [-0.39, 0.29) is 11.6 Å². The van der Waals surface area contributed by atoms with Crippen LogP contribution >= 0.6 is 0 Å². The molecule has 0 aliphatic carbocycles. The quantitative estimate of drug-likeness (QED) is 0.231. The van der Waals surface area contributed by atoms with E-state index in [2.05, 4.69) is 29.4 Å². The van der Waals surface area contributed by atoms with Crippen molar-refractivity contribution in [1.29, 1.82) is 0 Å². The van der Waals surface area contributed by atoms with Gasteiger partial charge >= 0.3 is 0 Å². The van der Waals surface area contributed by atoms with E-state index in [0.717, 1.165) is 24.3 Å². The lowest BCUT2D eigenvalue weighted by Gasteiger charge is -2.21. The maximum Gasteiger partial charge on any atom is 0.281 e. The van der Waals surface area contributed by atoms with Gasteiger partial charge in [0.25, 0.3) is 11.8 Å². The number of nitrogens with two attached hydrogens (primary N) is 1. The second kappa shape index (κ2) is 10.8. The fraction of sp³-hybridized carbons (Fsp3) is 0.227. The van der Waals surface area contributed by atoms with E-state index in [0.29, 0.717) is 11.3 Å². The lowest BCUT2D eigenvalue weighted by molar-refractivity contribution is -0.117. The van der Waals surface area contributed by atoms with Crippen LogP contribution in [-0.2, 0) is 9.59 Å². The first-order valence-corrected chi connectivity index (χ1v) is 9.64. The number of benzene rings is 2. The molecule has 2 rings (SSSR count). The number of hydrazine groups is 1. The fourth-order valence-corrected chi connectivity index (χ4v) is 2.88. The summed E-state index contributed by atoms with van der Waals surface area (Å²) in [7, 11) is 0. The van der Waals surface area contributed by atoms with Gasteiger partial charge < -0.3 is 15.5 Å². The van der Waals surface area contributed by atoms with E-state index < -0.39 is 11.8 Å². The third-order valence-corrected chi connectivity index (χ3v) is 4.42. The van der Waals surface area contributed by atoms with Gasteiger partial charge in [-0.1, -0.05) is 12.1 Å². The lowest BCUT2D eigenvalue weighted by atomic mass is 10.1. The molecule has 2 aromatic rings. The van der Waals surface area contributed by atoms with E-state index in [4.69, 9.17) is 5.84 Å². The first-order valence-electron chi connectivity index (χ1n) is 9.64. The minimum Gasteiger partial charge on any atom is -0.372 e. The number of hydrogen-bond donors (Lipinski definition) is 4. The lowest BCUT2D eigenvalue weighted by Crippen LogP contribution is -2.38. The monoisotopic (exact) mass is 409 g/mol. The third-order valence-electron chi connectivity index (χ3n) is 4.42. The van der Waals surface area contributed by atoms with Crippen LogP contribution in [0.4, 0.5) is 11.4 Å². The first kappa shape index (κ1) is 22.6. The summed E-state index contributed by atoms with van der Waals surface area (Å²) in [5, 5.41) is 5.21. The van der Waals surface area contributed by atoms with Gasteiger partial charge in [0.1, 0.15) is 5.70 Å². The number of nitrogens with zero attached hydrogens (tertiary/aromatic N) is 1. The third kappa shape index (κ3) is 6.18. The molecule has 158 valence electrons. The molecule has 0 aliphatic rings. The minimum atomic E-state index is -0.619. The smallest absolute Gasteiger partial charge is 0.281 e. The molecule has 0 unspecified atom stereocenters. The fourth-order valence-electron chi connectivity index (χ4n) is 2.88. The molecule has 8 nitrogen and oxygen atoms in total. The highest BCUT2D eigenvalue weighted by atomic mass is 16.2. The number of carbonyl (C=O) groups is 3. The van der Waals surface area contributed by atoms with E-state index in [1.54, 1.807) is 30.3 Å². The molecule has 0 atom stereocenters. The van der Waals surface area contributed by atoms with Gasteiger partial charge in [0.15, 0.2) is 0 Å². The molecule has 2 aromatic carbocycles. The molecule has 0 saturated carbocycles.